The molecule has 1 aliphatic carbocycles. The minimum atomic E-state index is -0.0777. The van der Waals surface area contributed by atoms with Gasteiger partial charge in [-0.05, 0) is 55.7 Å². The predicted molar refractivity (Wildman–Crippen MR) is 101 cm³/mol. The van der Waals surface area contributed by atoms with Gasteiger partial charge in [-0.2, -0.15) is 0 Å². The Balaban J connectivity index is 1.43. The summed E-state index contributed by atoms with van der Waals surface area (Å²) in [4.78, 5) is 18.1. The number of rotatable bonds is 4. The molecule has 0 bridgehead atoms. The molecule has 1 saturated carbocycles. The zero-order chi connectivity index (χ0) is 17.4. The van der Waals surface area contributed by atoms with Gasteiger partial charge in [0.25, 0.3) is 0 Å². The molecule has 25 heavy (non-hydrogen) atoms. The Hall–Kier alpha value is -1.35. The number of carbonyl (C=O) groups excluding carboxylic acids is 1. The van der Waals surface area contributed by atoms with Gasteiger partial charge >= 0.3 is 0 Å². The Bertz CT molecular complexity index is 619. The van der Waals surface area contributed by atoms with Crippen LogP contribution in [-0.2, 0) is 11.3 Å². The lowest BCUT2D eigenvalue weighted by atomic mass is 9.78. The van der Waals surface area contributed by atoms with E-state index in [1.165, 1.54) is 30.4 Å². The van der Waals surface area contributed by atoms with Crippen LogP contribution in [0.3, 0.4) is 0 Å². The number of amides is 1. The van der Waals surface area contributed by atoms with Gasteiger partial charge < -0.3 is 4.90 Å². The molecule has 0 aromatic heterocycles. The minimum absolute atomic E-state index is 0.0777. The van der Waals surface area contributed by atoms with E-state index in [-0.39, 0.29) is 5.41 Å². The van der Waals surface area contributed by atoms with Crippen LogP contribution < -0.4 is 0 Å². The molecule has 1 atom stereocenters. The Morgan fingerprint density at radius 2 is 1.84 bits per heavy atom. The van der Waals surface area contributed by atoms with Crippen LogP contribution >= 0.6 is 0 Å². The van der Waals surface area contributed by atoms with E-state index in [9.17, 15) is 4.79 Å². The molecule has 3 aliphatic rings. The smallest absolute Gasteiger partial charge is 0.230 e. The fourth-order valence-corrected chi connectivity index (χ4v) is 4.88. The molecular weight excluding hydrogens is 308 g/mol. The number of hydrogen-bond acceptors (Lipinski definition) is 2. The minimum Gasteiger partial charge on any atom is -0.338 e. The van der Waals surface area contributed by atoms with Crippen molar-refractivity contribution in [3.63, 3.8) is 0 Å². The van der Waals surface area contributed by atoms with E-state index in [0.717, 1.165) is 51.5 Å². The summed E-state index contributed by atoms with van der Waals surface area (Å²) < 4.78 is 0. The Morgan fingerprint density at radius 3 is 2.48 bits per heavy atom. The van der Waals surface area contributed by atoms with E-state index in [1.807, 2.05) is 0 Å². The molecule has 1 unspecified atom stereocenters. The van der Waals surface area contributed by atoms with Crippen LogP contribution in [0.2, 0.25) is 0 Å². The quantitative estimate of drug-likeness (QED) is 0.821. The average Bonchev–Trinajstić information content (AvgIpc) is 2.95. The Labute approximate surface area is 152 Å². The van der Waals surface area contributed by atoms with Crippen molar-refractivity contribution < 1.29 is 4.79 Å². The number of nitrogens with zero attached hydrogens (tertiary/aromatic N) is 2. The monoisotopic (exact) mass is 340 g/mol. The first-order valence-electron chi connectivity index (χ1n) is 10.2. The first-order valence-corrected chi connectivity index (χ1v) is 10.2. The topological polar surface area (TPSA) is 23.6 Å². The summed E-state index contributed by atoms with van der Waals surface area (Å²) in [6.45, 7) is 8.30. The maximum Gasteiger partial charge on any atom is 0.230 e. The molecule has 1 amide bonds. The first kappa shape index (κ1) is 17.1. The SMILES string of the molecule is CC(C)c1ccc(CN2CCCC3(CCN(C4CCC4)C3)C2=O)cc1. The summed E-state index contributed by atoms with van der Waals surface area (Å²) >= 11 is 0. The third-order valence-electron chi connectivity index (χ3n) is 6.82. The van der Waals surface area contributed by atoms with E-state index < -0.39 is 0 Å². The van der Waals surface area contributed by atoms with Crippen molar-refractivity contribution in [2.45, 2.75) is 70.9 Å². The highest BCUT2D eigenvalue weighted by Crippen LogP contribution is 2.43. The molecule has 2 aliphatic heterocycles. The maximum absolute atomic E-state index is 13.3. The highest BCUT2D eigenvalue weighted by molar-refractivity contribution is 5.84. The largest absolute Gasteiger partial charge is 0.338 e. The summed E-state index contributed by atoms with van der Waals surface area (Å²) in [5.74, 6) is 0.985. The van der Waals surface area contributed by atoms with E-state index in [0.29, 0.717) is 11.8 Å². The van der Waals surface area contributed by atoms with Crippen molar-refractivity contribution in [2.24, 2.45) is 5.41 Å². The second kappa shape index (κ2) is 6.75. The zero-order valence-corrected chi connectivity index (χ0v) is 15.8. The lowest BCUT2D eigenvalue weighted by Crippen LogP contribution is -2.50. The van der Waals surface area contributed by atoms with Crippen molar-refractivity contribution in [2.75, 3.05) is 19.6 Å². The zero-order valence-electron chi connectivity index (χ0n) is 15.8. The van der Waals surface area contributed by atoms with Gasteiger partial charge in [-0.3, -0.25) is 9.69 Å². The molecule has 136 valence electrons. The molecule has 1 aromatic carbocycles. The van der Waals surface area contributed by atoms with Gasteiger partial charge in [0.2, 0.25) is 5.91 Å². The first-order chi connectivity index (χ1) is 12.1. The molecule has 0 N–H and O–H groups in total. The molecule has 1 spiro atoms. The summed E-state index contributed by atoms with van der Waals surface area (Å²) in [6.07, 6.45) is 7.39. The molecule has 0 radical (unpaired) electrons. The number of benzene rings is 1. The van der Waals surface area contributed by atoms with E-state index in [2.05, 4.69) is 47.9 Å². The fraction of sp³-hybridized carbons (Fsp3) is 0.682. The second-order valence-corrected chi connectivity index (χ2v) is 8.81. The lowest BCUT2D eigenvalue weighted by molar-refractivity contribution is -0.146. The molecule has 4 rings (SSSR count). The molecule has 3 heteroatoms. The molecule has 3 nitrogen and oxygen atoms in total. The summed E-state index contributed by atoms with van der Waals surface area (Å²) in [5.41, 5.74) is 2.56. The molecular formula is C22H32N2O. The van der Waals surface area contributed by atoms with Crippen molar-refractivity contribution in [3.05, 3.63) is 35.4 Å². The van der Waals surface area contributed by atoms with Gasteiger partial charge in [0, 0.05) is 25.7 Å². The van der Waals surface area contributed by atoms with Crippen LogP contribution in [0.5, 0.6) is 0 Å². The summed E-state index contributed by atoms with van der Waals surface area (Å²) in [7, 11) is 0. The fourth-order valence-electron chi connectivity index (χ4n) is 4.88. The van der Waals surface area contributed by atoms with Crippen molar-refractivity contribution in [1.82, 2.24) is 9.80 Å². The van der Waals surface area contributed by atoms with Crippen LogP contribution in [0, 0.1) is 5.41 Å². The number of likely N-dealkylation sites (tertiary alicyclic amines) is 2. The Morgan fingerprint density at radius 1 is 1.08 bits per heavy atom. The highest BCUT2D eigenvalue weighted by atomic mass is 16.2. The second-order valence-electron chi connectivity index (χ2n) is 8.81. The molecule has 1 aromatic rings. The molecule has 2 saturated heterocycles. The molecule has 3 fully saturated rings. The third kappa shape index (κ3) is 3.23. The summed E-state index contributed by atoms with van der Waals surface area (Å²) in [6, 6.07) is 9.63. The van der Waals surface area contributed by atoms with Gasteiger partial charge in [-0.25, -0.2) is 0 Å². The van der Waals surface area contributed by atoms with Crippen LogP contribution in [0.25, 0.3) is 0 Å². The average molecular weight is 341 g/mol. The van der Waals surface area contributed by atoms with E-state index in [4.69, 9.17) is 0 Å². The van der Waals surface area contributed by atoms with Crippen molar-refractivity contribution in [1.29, 1.82) is 0 Å². The standard InChI is InChI=1S/C22H32N2O/c1-17(2)19-9-7-18(8-10-19)15-23-13-4-11-22(21(23)25)12-14-24(16-22)20-5-3-6-20/h7-10,17,20H,3-6,11-16H2,1-2H3. The maximum atomic E-state index is 13.3. The van der Waals surface area contributed by atoms with E-state index in [1.54, 1.807) is 0 Å². The molecule has 2 heterocycles. The van der Waals surface area contributed by atoms with Crippen molar-refractivity contribution >= 4 is 5.91 Å². The number of hydrogen-bond donors (Lipinski definition) is 0. The highest BCUT2D eigenvalue weighted by Gasteiger charge is 2.49. The third-order valence-corrected chi connectivity index (χ3v) is 6.82. The summed E-state index contributed by atoms with van der Waals surface area (Å²) in [5, 5.41) is 0. The van der Waals surface area contributed by atoms with Crippen LogP contribution in [0.1, 0.15) is 69.4 Å². The lowest BCUT2D eigenvalue weighted by Gasteiger charge is -2.41. The van der Waals surface area contributed by atoms with Gasteiger partial charge in [-0.15, -0.1) is 0 Å². The Kier molecular flexibility index (Phi) is 4.61. The van der Waals surface area contributed by atoms with Crippen LogP contribution in [-0.4, -0.2) is 41.4 Å². The number of carbonyl (C=O) groups is 1. The van der Waals surface area contributed by atoms with Gasteiger partial charge in [0.15, 0.2) is 0 Å². The normalized spacial score (nSPS) is 28.1. The van der Waals surface area contributed by atoms with Gasteiger partial charge in [0.05, 0.1) is 5.41 Å². The van der Waals surface area contributed by atoms with Crippen LogP contribution in [0.15, 0.2) is 24.3 Å². The van der Waals surface area contributed by atoms with Crippen molar-refractivity contribution in [3.8, 4) is 0 Å². The van der Waals surface area contributed by atoms with E-state index >= 15 is 0 Å². The predicted octanol–water partition coefficient (Wildman–Crippen LogP) is 4.18. The van der Waals surface area contributed by atoms with Gasteiger partial charge in [-0.1, -0.05) is 44.5 Å². The number of piperidine rings is 1. The van der Waals surface area contributed by atoms with Gasteiger partial charge in [0.1, 0.15) is 0 Å². The van der Waals surface area contributed by atoms with Crippen LogP contribution in [0.4, 0.5) is 0 Å².